The van der Waals surface area contributed by atoms with Crippen LogP contribution in [0.15, 0.2) is 30.3 Å². The molecule has 0 unspecified atom stereocenters. The number of para-hydroxylation sites is 1. The van der Waals surface area contributed by atoms with Crippen LogP contribution in [-0.2, 0) is 0 Å². The number of rotatable bonds is 3. The number of halogens is 1. The zero-order chi connectivity index (χ0) is 13.4. The first-order valence-electron chi connectivity index (χ1n) is 6.28. The van der Waals surface area contributed by atoms with Crippen molar-refractivity contribution in [1.82, 2.24) is 15.1 Å². The highest BCUT2D eigenvalue weighted by molar-refractivity contribution is 6.33. The lowest BCUT2D eigenvalue weighted by molar-refractivity contribution is 0.0950. The van der Waals surface area contributed by atoms with E-state index in [4.69, 9.17) is 11.6 Å². The molecule has 1 amide bonds. The SMILES string of the molecule is Cc1nn(-c2ccccc2)c(Cl)c1C(=O)NC1CC1. The third kappa shape index (κ3) is 2.36. The standard InChI is InChI=1S/C14H14ClN3O/c1-9-12(14(19)16-10-7-8-10)13(15)18(17-9)11-5-3-2-4-6-11/h2-6,10H,7-8H2,1H3,(H,16,19). The Morgan fingerprint density at radius 2 is 2.05 bits per heavy atom. The molecule has 1 heterocycles. The van der Waals surface area contributed by atoms with E-state index in [-0.39, 0.29) is 5.91 Å². The highest BCUT2D eigenvalue weighted by atomic mass is 35.5. The normalized spacial score (nSPS) is 14.4. The summed E-state index contributed by atoms with van der Waals surface area (Å²) in [7, 11) is 0. The number of hydrogen-bond acceptors (Lipinski definition) is 2. The van der Waals surface area contributed by atoms with Gasteiger partial charge in [-0.1, -0.05) is 29.8 Å². The molecule has 2 aromatic rings. The maximum atomic E-state index is 12.1. The van der Waals surface area contributed by atoms with Gasteiger partial charge in [-0.25, -0.2) is 4.68 Å². The average molecular weight is 276 g/mol. The summed E-state index contributed by atoms with van der Waals surface area (Å²) in [6, 6.07) is 9.86. The predicted molar refractivity (Wildman–Crippen MR) is 73.8 cm³/mol. The van der Waals surface area contributed by atoms with E-state index in [1.54, 1.807) is 11.6 Å². The smallest absolute Gasteiger partial charge is 0.256 e. The van der Waals surface area contributed by atoms with Crippen molar-refractivity contribution >= 4 is 17.5 Å². The lowest BCUT2D eigenvalue weighted by Crippen LogP contribution is -2.26. The molecule has 0 saturated heterocycles. The van der Waals surface area contributed by atoms with Crippen LogP contribution in [0.4, 0.5) is 0 Å². The number of carbonyl (C=O) groups is 1. The molecule has 1 aliphatic rings. The molecule has 1 aromatic carbocycles. The Hall–Kier alpha value is -1.81. The van der Waals surface area contributed by atoms with Gasteiger partial charge in [0, 0.05) is 6.04 Å². The van der Waals surface area contributed by atoms with Gasteiger partial charge in [0.2, 0.25) is 0 Å². The Labute approximate surface area is 116 Å². The first kappa shape index (κ1) is 12.2. The van der Waals surface area contributed by atoms with Crippen LogP contribution in [0.2, 0.25) is 5.15 Å². The van der Waals surface area contributed by atoms with E-state index in [0.29, 0.717) is 22.5 Å². The van der Waals surface area contributed by atoms with E-state index in [1.807, 2.05) is 30.3 Å². The van der Waals surface area contributed by atoms with E-state index in [9.17, 15) is 4.79 Å². The summed E-state index contributed by atoms with van der Waals surface area (Å²) >= 11 is 6.30. The monoisotopic (exact) mass is 275 g/mol. The molecule has 0 atom stereocenters. The molecule has 0 bridgehead atoms. The van der Waals surface area contributed by atoms with Crippen LogP contribution in [-0.4, -0.2) is 21.7 Å². The third-order valence-electron chi connectivity index (χ3n) is 3.14. The summed E-state index contributed by atoms with van der Waals surface area (Å²) in [5.74, 6) is -0.132. The largest absolute Gasteiger partial charge is 0.349 e. The number of carbonyl (C=O) groups excluding carboxylic acids is 1. The van der Waals surface area contributed by atoms with Gasteiger partial charge < -0.3 is 5.32 Å². The minimum Gasteiger partial charge on any atom is -0.349 e. The lowest BCUT2D eigenvalue weighted by atomic mass is 10.2. The molecule has 0 radical (unpaired) electrons. The van der Waals surface area contributed by atoms with Crippen LogP contribution >= 0.6 is 11.6 Å². The number of amides is 1. The Kier molecular flexibility index (Phi) is 3.03. The van der Waals surface area contributed by atoms with Crippen molar-refractivity contribution < 1.29 is 4.79 Å². The summed E-state index contributed by atoms with van der Waals surface area (Å²) in [6.07, 6.45) is 2.10. The van der Waals surface area contributed by atoms with Crippen molar-refractivity contribution in [2.45, 2.75) is 25.8 Å². The second-order valence-corrected chi connectivity index (χ2v) is 5.10. The Bertz CT molecular complexity index is 617. The zero-order valence-electron chi connectivity index (χ0n) is 10.6. The van der Waals surface area contributed by atoms with E-state index in [2.05, 4.69) is 10.4 Å². The van der Waals surface area contributed by atoms with Crippen molar-refractivity contribution in [2.75, 3.05) is 0 Å². The van der Waals surface area contributed by atoms with Crippen LogP contribution in [0.1, 0.15) is 28.9 Å². The maximum Gasteiger partial charge on any atom is 0.256 e. The molecule has 1 aromatic heterocycles. The Morgan fingerprint density at radius 1 is 1.37 bits per heavy atom. The number of benzene rings is 1. The highest BCUT2D eigenvalue weighted by Gasteiger charge is 2.27. The fourth-order valence-electron chi connectivity index (χ4n) is 1.98. The van der Waals surface area contributed by atoms with Crippen LogP contribution in [0.25, 0.3) is 5.69 Å². The van der Waals surface area contributed by atoms with Gasteiger partial charge in [-0.05, 0) is 31.9 Å². The average Bonchev–Trinajstić information content (AvgIpc) is 3.15. The van der Waals surface area contributed by atoms with Gasteiger partial charge in [-0.3, -0.25) is 4.79 Å². The number of aryl methyl sites for hydroxylation is 1. The Balaban J connectivity index is 1.98. The topological polar surface area (TPSA) is 46.9 Å². The van der Waals surface area contributed by atoms with Crippen molar-refractivity contribution in [3.63, 3.8) is 0 Å². The van der Waals surface area contributed by atoms with Gasteiger partial charge in [0.1, 0.15) is 5.15 Å². The first-order chi connectivity index (χ1) is 9.16. The van der Waals surface area contributed by atoms with Gasteiger partial charge in [-0.15, -0.1) is 0 Å². The summed E-state index contributed by atoms with van der Waals surface area (Å²) in [4.78, 5) is 12.1. The van der Waals surface area contributed by atoms with Crippen molar-refractivity contribution in [3.05, 3.63) is 46.7 Å². The minimum atomic E-state index is -0.132. The van der Waals surface area contributed by atoms with E-state index in [1.165, 1.54) is 0 Å². The predicted octanol–water partition coefficient (Wildman–Crippen LogP) is 2.73. The lowest BCUT2D eigenvalue weighted by Gasteiger charge is -2.04. The molecule has 4 nitrogen and oxygen atoms in total. The number of nitrogens with zero attached hydrogens (tertiary/aromatic N) is 2. The fraction of sp³-hybridized carbons (Fsp3) is 0.286. The molecule has 19 heavy (non-hydrogen) atoms. The quantitative estimate of drug-likeness (QED) is 0.936. The molecule has 1 aliphatic carbocycles. The van der Waals surface area contributed by atoms with E-state index in [0.717, 1.165) is 18.5 Å². The van der Waals surface area contributed by atoms with E-state index >= 15 is 0 Å². The summed E-state index contributed by atoms with van der Waals surface area (Å²) in [5.41, 5.74) is 1.96. The number of aromatic nitrogens is 2. The molecular formula is C14H14ClN3O. The van der Waals surface area contributed by atoms with Crippen LogP contribution in [0.3, 0.4) is 0 Å². The highest BCUT2D eigenvalue weighted by Crippen LogP contribution is 2.25. The minimum absolute atomic E-state index is 0.132. The molecule has 5 heteroatoms. The van der Waals surface area contributed by atoms with E-state index < -0.39 is 0 Å². The molecule has 3 rings (SSSR count). The fourth-order valence-corrected chi connectivity index (χ4v) is 2.34. The zero-order valence-corrected chi connectivity index (χ0v) is 11.3. The van der Waals surface area contributed by atoms with Crippen molar-refractivity contribution in [1.29, 1.82) is 0 Å². The summed E-state index contributed by atoms with van der Waals surface area (Å²) in [5, 5.41) is 7.66. The van der Waals surface area contributed by atoms with Gasteiger partial charge in [0.05, 0.1) is 16.9 Å². The maximum absolute atomic E-state index is 12.1. The summed E-state index contributed by atoms with van der Waals surface area (Å²) < 4.78 is 1.60. The van der Waals surface area contributed by atoms with Crippen molar-refractivity contribution in [2.24, 2.45) is 0 Å². The van der Waals surface area contributed by atoms with Gasteiger partial charge in [0.15, 0.2) is 0 Å². The van der Waals surface area contributed by atoms with Crippen molar-refractivity contribution in [3.8, 4) is 5.69 Å². The third-order valence-corrected chi connectivity index (χ3v) is 3.49. The number of hydrogen-bond donors (Lipinski definition) is 1. The second-order valence-electron chi connectivity index (χ2n) is 4.75. The molecule has 1 fully saturated rings. The Morgan fingerprint density at radius 3 is 2.68 bits per heavy atom. The van der Waals surface area contributed by atoms with Crippen LogP contribution in [0.5, 0.6) is 0 Å². The molecular weight excluding hydrogens is 262 g/mol. The van der Waals surface area contributed by atoms with Gasteiger partial charge in [-0.2, -0.15) is 5.10 Å². The molecule has 1 N–H and O–H groups in total. The van der Waals surface area contributed by atoms with Crippen LogP contribution < -0.4 is 5.32 Å². The number of nitrogens with one attached hydrogen (secondary N) is 1. The second kappa shape index (κ2) is 4.70. The molecule has 1 saturated carbocycles. The first-order valence-corrected chi connectivity index (χ1v) is 6.66. The molecule has 98 valence electrons. The molecule has 0 aliphatic heterocycles. The van der Waals surface area contributed by atoms with Crippen LogP contribution in [0, 0.1) is 6.92 Å². The van der Waals surface area contributed by atoms with Gasteiger partial charge in [0.25, 0.3) is 5.91 Å². The van der Waals surface area contributed by atoms with Gasteiger partial charge >= 0.3 is 0 Å². The summed E-state index contributed by atoms with van der Waals surface area (Å²) in [6.45, 7) is 1.80. The molecule has 0 spiro atoms.